The van der Waals surface area contributed by atoms with Crippen molar-refractivity contribution >= 4 is 18.3 Å². The second-order valence-corrected chi connectivity index (χ2v) is 3.36. The summed E-state index contributed by atoms with van der Waals surface area (Å²) in [4.78, 5) is 29.5. The van der Waals surface area contributed by atoms with Gasteiger partial charge in [-0.1, -0.05) is 0 Å². The van der Waals surface area contributed by atoms with E-state index in [4.69, 9.17) is 24.5 Å². The van der Waals surface area contributed by atoms with Gasteiger partial charge in [0.05, 0.1) is 13.2 Å². The molecule has 130 valence electrons. The molecule has 0 aromatic rings. The third-order valence-electron chi connectivity index (χ3n) is 1.68. The zero-order valence-corrected chi connectivity index (χ0v) is 10.6. The number of carboxylic acids is 2. The fourth-order valence-electron chi connectivity index (χ4n) is 0.683. The van der Waals surface area contributed by atoms with E-state index in [0.717, 1.165) is 19.5 Å². The van der Waals surface area contributed by atoms with Gasteiger partial charge in [-0.3, -0.25) is 4.79 Å². The second-order valence-electron chi connectivity index (χ2n) is 3.36. The van der Waals surface area contributed by atoms with E-state index in [2.05, 4.69) is 0 Å². The van der Waals surface area contributed by atoms with E-state index >= 15 is 0 Å². The number of carbonyl (C=O) groups is 3. The molecule has 0 bridgehead atoms. The molecule has 1 aliphatic rings. The lowest BCUT2D eigenvalue weighted by molar-refractivity contribution is -0.193. The van der Waals surface area contributed by atoms with Crippen LogP contribution in [0, 0.1) is 0 Å². The minimum atomic E-state index is -5.08. The third-order valence-corrected chi connectivity index (χ3v) is 1.68. The van der Waals surface area contributed by atoms with Crippen molar-refractivity contribution in [2.45, 2.75) is 12.4 Å². The van der Waals surface area contributed by atoms with E-state index < -0.39 is 24.3 Å². The van der Waals surface area contributed by atoms with Gasteiger partial charge in [0.25, 0.3) is 0 Å². The van der Waals surface area contributed by atoms with Crippen LogP contribution in [0.5, 0.6) is 0 Å². The highest BCUT2D eigenvalue weighted by Gasteiger charge is 2.38. The number of morpholine rings is 1. The van der Waals surface area contributed by atoms with Gasteiger partial charge in [0, 0.05) is 13.1 Å². The number of rotatable bonds is 1. The molecule has 1 rings (SSSR count). The van der Waals surface area contributed by atoms with Gasteiger partial charge < -0.3 is 19.8 Å². The summed E-state index contributed by atoms with van der Waals surface area (Å²) in [5, 5.41) is 14.2. The van der Waals surface area contributed by atoms with Crippen LogP contribution >= 0.6 is 0 Å². The molecule has 1 aliphatic heterocycles. The highest BCUT2D eigenvalue weighted by Crippen LogP contribution is 2.13. The predicted octanol–water partition coefficient (Wildman–Crippen LogP) is 0.742. The zero-order chi connectivity index (χ0) is 18.0. The number of nitrogens with zero attached hydrogens (tertiary/aromatic N) is 1. The second kappa shape index (κ2) is 9.81. The summed E-state index contributed by atoms with van der Waals surface area (Å²) in [6.07, 6.45) is -9.30. The van der Waals surface area contributed by atoms with Crippen LogP contribution in [0.1, 0.15) is 0 Å². The van der Waals surface area contributed by atoms with Crippen LogP contribution < -0.4 is 0 Å². The first-order valence-corrected chi connectivity index (χ1v) is 5.19. The number of aliphatic carboxylic acids is 2. The Morgan fingerprint density at radius 1 is 0.909 bits per heavy atom. The van der Waals surface area contributed by atoms with Crippen LogP contribution in [0.15, 0.2) is 0 Å². The van der Waals surface area contributed by atoms with Crippen molar-refractivity contribution in [2.24, 2.45) is 0 Å². The van der Waals surface area contributed by atoms with Crippen LogP contribution in [-0.4, -0.2) is 72.1 Å². The SMILES string of the molecule is O=C(O)C(F)(F)F.O=C(O)C(F)(F)F.O=CN1CCOCC1. The molecule has 0 aromatic carbocycles. The van der Waals surface area contributed by atoms with Crippen molar-refractivity contribution < 1.29 is 55.7 Å². The van der Waals surface area contributed by atoms with Gasteiger partial charge in [0.15, 0.2) is 0 Å². The Bertz CT molecular complexity index is 339. The fraction of sp³-hybridized carbons (Fsp3) is 0.667. The first-order valence-electron chi connectivity index (χ1n) is 5.19. The molecule has 22 heavy (non-hydrogen) atoms. The van der Waals surface area contributed by atoms with Crippen LogP contribution in [0.25, 0.3) is 0 Å². The Morgan fingerprint density at radius 2 is 1.18 bits per heavy atom. The van der Waals surface area contributed by atoms with E-state index in [1.807, 2.05) is 0 Å². The van der Waals surface area contributed by atoms with Gasteiger partial charge >= 0.3 is 24.3 Å². The van der Waals surface area contributed by atoms with E-state index in [0.29, 0.717) is 13.2 Å². The molecule has 1 heterocycles. The molecule has 1 amide bonds. The molecule has 2 N–H and O–H groups in total. The Balaban J connectivity index is 0. The molecule has 1 saturated heterocycles. The maximum atomic E-state index is 10.6. The molecule has 1 fully saturated rings. The number of hydrogen-bond donors (Lipinski definition) is 2. The first kappa shape index (κ1) is 22.2. The fourth-order valence-corrected chi connectivity index (χ4v) is 0.683. The smallest absolute Gasteiger partial charge is 0.475 e. The molecule has 7 nitrogen and oxygen atoms in total. The Kier molecular flexibility index (Phi) is 9.91. The van der Waals surface area contributed by atoms with Gasteiger partial charge in [-0.25, -0.2) is 9.59 Å². The lowest BCUT2D eigenvalue weighted by Crippen LogP contribution is -2.34. The standard InChI is InChI=1S/C5H9NO2.2C2HF3O2/c7-5-6-1-3-8-4-2-6;2*3-2(4,5)1(6)7/h5H,1-4H2;2*(H,6,7). The molecule has 0 saturated carbocycles. The number of hydrogen-bond acceptors (Lipinski definition) is 4. The quantitative estimate of drug-likeness (QED) is 0.538. The van der Waals surface area contributed by atoms with E-state index in [1.165, 1.54) is 0 Å². The van der Waals surface area contributed by atoms with Crippen molar-refractivity contribution in [3.63, 3.8) is 0 Å². The molecule has 0 radical (unpaired) electrons. The molecular formula is C9H11F6NO6. The average molecular weight is 343 g/mol. The molecule has 0 unspecified atom stereocenters. The molecule has 13 heteroatoms. The Labute approximate surface area is 119 Å². The van der Waals surface area contributed by atoms with Crippen molar-refractivity contribution in [3.05, 3.63) is 0 Å². The van der Waals surface area contributed by atoms with Crippen LogP contribution in [-0.2, 0) is 19.1 Å². The van der Waals surface area contributed by atoms with Crippen molar-refractivity contribution in [2.75, 3.05) is 26.3 Å². The van der Waals surface area contributed by atoms with E-state index in [9.17, 15) is 31.1 Å². The van der Waals surface area contributed by atoms with E-state index in [1.54, 1.807) is 4.90 Å². The number of halogens is 6. The van der Waals surface area contributed by atoms with Crippen LogP contribution in [0.3, 0.4) is 0 Å². The normalized spacial score (nSPS) is 14.7. The largest absolute Gasteiger partial charge is 0.490 e. The minimum absolute atomic E-state index is 0.693. The van der Waals surface area contributed by atoms with E-state index in [-0.39, 0.29) is 0 Å². The summed E-state index contributed by atoms with van der Waals surface area (Å²) in [6.45, 7) is 2.89. The van der Waals surface area contributed by atoms with Crippen LogP contribution in [0.4, 0.5) is 26.3 Å². The minimum Gasteiger partial charge on any atom is -0.475 e. The van der Waals surface area contributed by atoms with Gasteiger partial charge in [-0.15, -0.1) is 0 Å². The summed E-state index contributed by atoms with van der Waals surface area (Å²) in [5.41, 5.74) is 0. The maximum Gasteiger partial charge on any atom is 0.490 e. The Hall–Kier alpha value is -2.05. The molecular weight excluding hydrogens is 332 g/mol. The monoisotopic (exact) mass is 343 g/mol. The van der Waals surface area contributed by atoms with Gasteiger partial charge in [-0.05, 0) is 0 Å². The summed E-state index contributed by atoms with van der Waals surface area (Å²) >= 11 is 0. The molecule has 0 atom stereocenters. The summed E-state index contributed by atoms with van der Waals surface area (Å²) in [7, 11) is 0. The number of alkyl halides is 6. The first-order chi connectivity index (χ1) is 9.82. The Morgan fingerprint density at radius 3 is 1.32 bits per heavy atom. The summed E-state index contributed by atoms with van der Waals surface area (Å²) < 4.78 is 68.5. The summed E-state index contributed by atoms with van der Waals surface area (Å²) in [5.74, 6) is -5.51. The maximum absolute atomic E-state index is 10.6. The van der Waals surface area contributed by atoms with Gasteiger partial charge in [-0.2, -0.15) is 26.3 Å². The van der Waals surface area contributed by atoms with Crippen molar-refractivity contribution in [1.82, 2.24) is 4.90 Å². The summed E-state index contributed by atoms with van der Waals surface area (Å²) in [6, 6.07) is 0. The highest BCUT2D eigenvalue weighted by molar-refractivity contribution is 5.73. The average Bonchev–Trinajstić information content (AvgIpc) is 2.39. The highest BCUT2D eigenvalue weighted by atomic mass is 19.4. The molecule has 0 aliphatic carbocycles. The predicted molar refractivity (Wildman–Crippen MR) is 55.8 cm³/mol. The molecule has 0 spiro atoms. The third kappa shape index (κ3) is 13.0. The molecule has 0 aromatic heterocycles. The van der Waals surface area contributed by atoms with Gasteiger partial charge in [0.2, 0.25) is 6.41 Å². The number of carboxylic acid groups (broad SMARTS) is 2. The van der Waals surface area contributed by atoms with Crippen molar-refractivity contribution in [3.8, 4) is 0 Å². The number of ether oxygens (including phenoxy) is 1. The number of carbonyl (C=O) groups excluding carboxylic acids is 1. The zero-order valence-electron chi connectivity index (χ0n) is 10.6. The van der Waals surface area contributed by atoms with Crippen molar-refractivity contribution in [1.29, 1.82) is 0 Å². The number of amides is 1. The lowest BCUT2D eigenvalue weighted by atomic mass is 10.5. The lowest BCUT2D eigenvalue weighted by Gasteiger charge is -2.21. The van der Waals surface area contributed by atoms with Gasteiger partial charge in [0.1, 0.15) is 0 Å². The van der Waals surface area contributed by atoms with Crippen LogP contribution in [0.2, 0.25) is 0 Å². The topological polar surface area (TPSA) is 104 Å².